The fourth-order valence-corrected chi connectivity index (χ4v) is 2.05. The average Bonchev–Trinajstić information content (AvgIpc) is 2.30. The van der Waals surface area contributed by atoms with Crippen LogP contribution in [0.2, 0.25) is 0 Å². The van der Waals surface area contributed by atoms with Crippen LogP contribution >= 0.6 is 0 Å². The van der Waals surface area contributed by atoms with E-state index in [1.54, 1.807) is 0 Å². The van der Waals surface area contributed by atoms with E-state index in [1.807, 2.05) is 12.3 Å². The molecular weight excluding hydrogens is 191 g/mol. The van der Waals surface area contributed by atoms with E-state index in [2.05, 4.69) is 22.9 Å². The summed E-state index contributed by atoms with van der Waals surface area (Å²) in [6.07, 6.45) is 3.46. The third kappa shape index (κ3) is 2.28. The lowest BCUT2D eigenvalue weighted by Crippen LogP contribution is -2.35. The largest absolute Gasteiger partial charge is 0.356 e. The molecule has 1 aliphatic heterocycles. The molecule has 0 spiro atoms. The van der Waals surface area contributed by atoms with Gasteiger partial charge in [-0.3, -0.25) is 0 Å². The number of pyridine rings is 1. The lowest BCUT2D eigenvalue weighted by atomic mass is 10.1. The third-order valence-electron chi connectivity index (χ3n) is 2.97. The van der Waals surface area contributed by atoms with Gasteiger partial charge in [0.2, 0.25) is 0 Å². The molecule has 1 aromatic heterocycles. The lowest BCUT2D eigenvalue weighted by Gasteiger charge is -2.30. The van der Waals surface area contributed by atoms with Crippen LogP contribution in [0.4, 0.5) is 10.2 Å². The molecule has 82 valence electrons. The number of hydrogen-bond donors (Lipinski definition) is 0. The average molecular weight is 208 g/mol. The minimum absolute atomic E-state index is 0.616. The first-order valence-corrected chi connectivity index (χ1v) is 5.64. The fraction of sp³-hybridized carbons (Fsp3) is 0.583. The molecule has 0 radical (unpaired) electrons. The number of nitrogens with zero attached hydrogens (tertiary/aromatic N) is 2. The maximum absolute atomic E-state index is 13.0. The molecule has 15 heavy (non-hydrogen) atoms. The summed E-state index contributed by atoms with van der Waals surface area (Å²) >= 11 is 0. The number of aromatic nitrogens is 1. The van der Waals surface area contributed by atoms with Gasteiger partial charge in [0, 0.05) is 19.3 Å². The number of aryl methyl sites for hydroxylation is 1. The van der Waals surface area contributed by atoms with Crippen molar-refractivity contribution in [2.45, 2.75) is 32.4 Å². The van der Waals surface area contributed by atoms with Gasteiger partial charge in [0.1, 0.15) is 12.0 Å². The van der Waals surface area contributed by atoms with Gasteiger partial charge in [-0.1, -0.05) is 13.0 Å². The highest BCUT2D eigenvalue weighted by Crippen LogP contribution is 2.22. The number of rotatable bonds is 2. The van der Waals surface area contributed by atoms with E-state index in [9.17, 15) is 4.39 Å². The van der Waals surface area contributed by atoms with Crippen molar-refractivity contribution in [3.63, 3.8) is 0 Å². The molecule has 0 saturated carbocycles. The molecule has 2 heterocycles. The van der Waals surface area contributed by atoms with Gasteiger partial charge in [0.25, 0.3) is 0 Å². The summed E-state index contributed by atoms with van der Waals surface area (Å²) in [5.74, 6) is 1.05. The van der Waals surface area contributed by atoms with Crippen LogP contribution in [0, 0.1) is 0 Å². The summed E-state index contributed by atoms with van der Waals surface area (Å²) < 4.78 is 13.0. The molecule has 0 N–H and O–H groups in total. The van der Waals surface area contributed by atoms with Gasteiger partial charge in [0.15, 0.2) is 0 Å². The maximum Gasteiger partial charge on any atom is 0.131 e. The van der Waals surface area contributed by atoms with Crippen LogP contribution in [0.1, 0.15) is 25.3 Å². The van der Waals surface area contributed by atoms with Crippen LogP contribution in [0.25, 0.3) is 0 Å². The molecule has 0 aromatic carbocycles. The van der Waals surface area contributed by atoms with Crippen molar-refractivity contribution >= 4 is 5.82 Å². The SMILES string of the molecule is CCc1cccnc1N1CCC(F)CC1. The summed E-state index contributed by atoms with van der Waals surface area (Å²) in [5.41, 5.74) is 1.26. The molecule has 1 aromatic rings. The Kier molecular flexibility index (Phi) is 3.19. The molecule has 3 heteroatoms. The van der Waals surface area contributed by atoms with E-state index >= 15 is 0 Å². The topological polar surface area (TPSA) is 16.1 Å². The predicted octanol–water partition coefficient (Wildman–Crippen LogP) is 2.58. The fourth-order valence-electron chi connectivity index (χ4n) is 2.05. The lowest BCUT2D eigenvalue weighted by molar-refractivity contribution is 0.276. The zero-order valence-electron chi connectivity index (χ0n) is 9.12. The first-order valence-electron chi connectivity index (χ1n) is 5.64. The van der Waals surface area contributed by atoms with Crippen molar-refractivity contribution in [1.29, 1.82) is 0 Å². The van der Waals surface area contributed by atoms with Gasteiger partial charge >= 0.3 is 0 Å². The van der Waals surface area contributed by atoms with Crippen molar-refractivity contribution < 1.29 is 4.39 Å². The first kappa shape index (κ1) is 10.4. The number of anilines is 1. The molecule has 0 unspecified atom stereocenters. The summed E-state index contributed by atoms with van der Waals surface area (Å²) in [4.78, 5) is 6.60. The molecule has 2 nitrogen and oxygen atoms in total. The van der Waals surface area contributed by atoms with Gasteiger partial charge in [-0.25, -0.2) is 9.37 Å². The molecule has 0 bridgehead atoms. The molecule has 1 saturated heterocycles. The molecular formula is C12H17FN2. The summed E-state index contributed by atoms with van der Waals surface area (Å²) in [6.45, 7) is 3.72. The highest BCUT2D eigenvalue weighted by Gasteiger charge is 2.20. The normalized spacial score (nSPS) is 18.1. The van der Waals surface area contributed by atoms with Crippen LogP contribution < -0.4 is 4.90 Å². The second kappa shape index (κ2) is 4.60. The Morgan fingerprint density at radius 3 is 2.87 bits per heavy atom. The van der Waals surface area contributed by atoms with E-state index in [0.717, 1.165) is 25.3 Å². The molecule has 1 fully saturated rings. The minimum Gasteiger partial charge on any atom is -0.356 e. The Bertz CT molecular complexity index is 319. The zero-order valence-corrected chi connectivity index (χ0v) is 9.12. The Hall–Kier alpha value is -1.12. The zero-order chi connectivity index (χ0) is 10.7. The first-order chi connectivity index (χ1) is 7.31. The quantitative estimate of drug-likeness (QED) is 0.742. The second-order valence-corrected chi connectivity index (χ2v) is 4.00. The third-order valence-corrected chi connectivity index (χ3v) is 2.97. The van der Waals surface area contributed by atoms with Gasteiger partial charge in [-0.15, -0.1) is 0 Å². The smallest absolute Gasteiger partial charge is 0.131 e. The molecule has 2 rings (SSSR count). The Balaban J connectivity index is 2.15. The van der Waals surface area contributed by atoms with Crippen LogP contribution in [0.5, 0.6) is 0 Å². The number of hydrogen-bond acceptors (Lipinski definition) is 2. The monoisotopic (exact) mass is 208 g/mol. The van der Waals surface area contributed by atoms with Crippen molar-refractivity contribution in [1.82, 2.24) is 4.98 Å². The standard InChI is InChI=1S/C12H17FN2/c1-2-10-4-3-7-14-12(10)15-8-5-11(13)6-9-15/h3-4,7,11H,2,5-6,8-9H2,1H3. The molecule has 0 atom stereocenters. The molecule has 0 amide bonds. The molecule has 0 aliphatic carbocycles. The van der Waals surface area contributed by atoms with Gasteiger partial charge in [-0.05, 0) is 30.9 Å². The van der Waals surface area contributed by atoms with E-state index in [-0.39, 0.29) is 0 Å². The number of piperidine rings is 1. The van der Waals surface area contributed by atoms with Crippen molar-refractivity contribution in [3.05, 3.63) is 23.9 Å². The highest BCUT2D eigenvalue weighted by molar-refractivity contribution is 5.47. The number of alkyl halides is 1. The van der Waals surface area contributed by atoms with Crippen molar-refractivity contribution in [2.24, 2.45) is 0 Å². The van der Waals surface area contributed by atoms with Crippen LogP contribution in [-0.4, -0.2) is 24.2 Å². The van der Waals surface area contributed by atoms with Crippen molar-refractivity contribution in [2.75, 3.05) is 18.0 Å². The van der Waals surface area contributed by atoms with Gasteiger partial charge in [0.05, 0.1) is 0 Å². The van der Waals surface area contributed by atoms with Crippen molar-refractivity contribution in [3.8, 4) is 0 Å². The summed E-state index contributed by atoms with van der Waals surface area (Å²) in [5, 5.41) is 0. The maximum atomic E-state index is 13.0. The Morgan fingerprint density at radius 1 is 1.47 bits per heavy atom. The molecule has 1 aliphatic rings. The Morgan fingerprint density at radius 2 is 2.20 bits per heavy atom. The van der Waals surface area contributed by atoms with E-state index < -0.39 is 6.17 Å². The minimum atomic E-state index is -0.616. The second-order valence-electron chi connectivity index (χ2n) is 4.00. The van der Waals surface area contributed by atoms with Gasteiger partial charge in [-0.2, -0.15) is 0 Å². The summed E-state index contributed by atoms with van der Waals surface area (Å²) in [6, 6.07) is 4.06. The Labute approximate surface area is 90.1 Å². The predicted molar refractivity (Wildman–Crippen MR) is 60.0 cm³/mol. The van der Waals surface area contributed by atoms with Crippen LogP contribution in [-0.2, 0) is 6.42 Å². The summed E-state index contributed by atoms with van der Waals surface area (Å²) in [7, 11) is 0. The van der Waals surface area contributed by atoms with E-state index in [0.29, 0.717) is 12.8 Å². The van der Waals surface area contributed by atoms with Crippen LogP contribution in [0.3, 0.4) is 0 Å². The van der Waals surface area contributed by atoms with E-state index in [4.69, 9.17) is 0 Å². The van der Waals surface area contributed by atoms with Gasteiger partial charge < -0.3 is 4.90 Å². The highest BCUT2D eigenvalue weighted by atomic mass is 19.1. The van der Waals surface area contributed by atoms with Crippen LogP contribution in [0.15, 0.2) is 18.3 Å². The number of halogens is 1. The van der Waals surface area contributed by atoms with E-state index in [1.165, 1.54) is 5.56 Å².